The van der Waals surface area contributed by atoms with E-state index in [0.717, 1.165) is 54.9 Å². The zero-order valence-corrected chi connectivity index (χ0v) is 38.4. The molecule has 324 valence electrons. The van der Waals surface area contributed by atoms with Gasteiger partial charge in [-0.05, 0) is 67.3 Å². The zero-order valence-electron chi connectivity index (χ0n) is 37.4. The minimum Gasteiger partial charge on any atom is -0.455 e. The second kappa shape index (κ2) is 16.7. The van der Waals surface area contributed by atoms with E-state index in [2.05, 4.69) is 241 Å². The molecule has 5 nitrogen and oxygen atoms in total. The molecule has 0 spiro atoms. The third kappa shape index (κ3) is 6.80. The number of fused-ring (bicyclic) bond motifs is 6. The number of hydrogen-bond donors (Lipinski definition) is 0. The average Bonchev–Trinajstić information content (AvgIpc) is 3.98. The molecule has 0 aliphatic rings. The molecule has 0 aliphatic carbocycles. The molecule has 3 heterocycles. The maximum Gasteiger partial charge on any atom is 0.238 e. The second-order valence-corrected chi connectivity index (χ2v) is 21.3. The fraction of sp³-hybridized carbons (Fsp3) is 0. The van der Waals surface area contributed by atoms with Crippen LogP contribution in [0.5, 0.6) is 0 Å². The van der Waals surface area contributed by atoms with Crippen LogP contribution in [0.25, 0.3) is 94.7 Å². The van der Waals surface area contributed by atoms with Gasteiger partial charge in [-0.2, -0.15) is 9.97 Å². The molecule has 69 heavy (non-hydrogen) atoms. The van der Waals surface area contributed by atoms with E-state index in [1.54, 1.807) is 0 Å². The first-order valence-electron chi connectivity index (χ1n) is 23.3. The van der Waals surface area contributed by atoms with Gasteiger partial charge >= 0.3 is 0 Å². The number of benzene rings is 10. The quantitative estimate of drug-likeness (QED) is 0.107. The molecule has 6 heteroatoms. The summed E-state index contributed by atoms with van der Waals surface area (Å²) < 4.78 is 8.82. The van der Waals surface area contributed by atoms with Gasteiger partial charge in [0.1, 0.15) is 11.2 Å². The topological polar surface area (TPSA) is 56.7 Å². The fourth-order valence-corrected chi connectivity index (χ4v) is 15.3. The van der Waals surface area contributed by atoms with Crippen LogP contribution in [0.2, 0.25) is 0 Å². The molecule has 0 atom stereocenters. The predicted molar refractivity (Wildman–Crippen MR) is 287 cm³/mol. The number of nitrogens with zero attached hydrogens (tertiary/aromatic N) is 4. The summed E-state index contributed by atoms with van der Waals surface area (Å²) in [4.78, 5) is 16.3. The number of aromatic nitrogens is 4. The lowest BCUT2D eigenvalue weighted by Crippen LogP contribution is -2.74. The standard InChI is InChI=1S/C63H42N4OSi/c1-4-20-43(21-5-1)45-24-16-29-49(40-45)69(48-27-8-3-9-28-48,50-30-17-25-46(41-50)44-22-6-2-7-23-44)51-31-18-26-47(42-51)61-64-62(56-36-19-35-55-54-34-12-15-39-59(54)68-60(55)56)66-63(65-61)67-57-37-13-10-32-52(57)53-33-11-14-38-58(53)67/h1-42H. The van der Waals surface area contributed by atoms with Gasteiger partial charge in [-0.3, -0.25) is 4.57 Å². The molecule has 0 N–H and O–H groups in total. The Morgan fingerprint density at radius 3 is 1.36 bits per heavy atom. The first kappa shape index (κ1) is 40.3. The van der Waals surface area contributed by atoms with Crippen LogP contribution in [0.3, 0.4) is 0 Å². The van der Waals surface area contributed by atoms with Gasteiger partial charge in [-0.25, -0.2) is 4.98 Å². The minimum atomic E-state index is -3.16. The first-order valence-corrected chi connectivity index (χ1v) is 25.3. The Balaban J connectivity index is 1.09. The van der Waals surface area contributed by atoms with E-state index in [4.69, 9.17) is 19.4 Å². The van der Waals surface area contributed by atoms with Crippen molar-refractivity contribution < 1.29 is 4.42 Å². The van der Waals surface area contributed by atoms with Crippen LogP contribution in [-0.4, -0.2) is 27.6 Å². The number of rotatable bonds is 9. The van der Waals surface area contributed by atoms with E-state index in [0.29, 0.717) is 17.6 Å². The third-order valence-corrected chi connectivity index (χ3v) is 18.3. The SMILES string of the molecule is c1ccc(-c2cccc([Si](c3ccccc3)(c3cccc(-c4ccccc4)c3)c3cccc(-c4nc(-c5cccc6c5oc5ccccc56)nc(-n5c6ccccc6c6ccccc65)n4)c3)c2)cc1. The number of para-hydroxylation sites is 4. The zero-order chi connectivity index (χ0) is 45.7. The van der Waals surface area contributed by atoms with Crippen molar-refractivity contribution in [1.82, 2.24) is 19.5 Å². The molecule has 0 saturated heterocycles. The summed E-state index contributed by atoms with van der Waals surface area (Å²) in [5.41, 5.74) is 9.99. The fourth-order valence-electron chi connectivity index (χ4n) is 10.5. The maximum absolute atomic E-state index is 6.65. The maximum atomic E-state index is 6.65. The first-order chi connectivity index (χ1) is 34.2. The monoisotopic (exact) mass is 898 g/mol. The number of furan rings is 1. The van der Waals surface area contributed by atoms with E-state index in [1.807, 2.05) is 18.2 Å². The third-order valence-electron chi connectivity index (χ3n) is 13.6. The van der Waals surface area contributed by atoms with Gasteiger partial charge < -0.3 is 4.42 Å². The minimum absolute atomic E-state index is 0.531. The summed E-state index contributed by atoms with van der Waals surface area (Å²) >= 11 is 0. The molecule has 10 aromatic carbocycles. The molecule has 0 bridgehead atoms. The van der Waals surface area contributed by atoms with Crippen LogP contribution in [0.4, 0.5) is 0 Å². The summed E-state index contributed by atoms with van der Waals surface area (Å²) in [5, 5.41) is 9.36. The highest BCUT2D eigenvalue weighted by Crippen LogP contribution is 2.37. The summed E-state index contributed by atoms with van der Waals surface area (Å²) in [6.07, 6.45) is 0. The van der Waals surface area contributed by atoms with Crippen LogP contribution in [-0.2, 0) is 0 Å². The Kier molecular flexibility index (Phi) is 9.77. The Morgan fingerprint density at radius 1 is 0.319 bits per heavy atom. The van der Waals surface area contributed by atoms with Crippen molar-refractivity contribution in [2.24, 2.45) is 0 Å². The van der Waals surface area contributed by atoms with Gasteiger partial charge in [0.05, 0.1) is 16.6 Å². The molecule has 0 unspecified atom stereocenters. The molecule has 13 aromatic rings. The van der Waals surface area contributed by atoms with E-state index in [1.165, 1.54) is 43.0 Å². The van der Waals surface area contributed by atoms with Gasteiger partial charge in [0.15, 0.2) is 19.7 Å². The van der Waals surface area contributed by atoms with Crippen LogP contribution in [0.1, 0.15) is 0 Å². The highest BCUT2D eigenvalue weighted by Gasteiger charge is 2.42. The molecule has 0 radical (unpaired) electrons. The van der Waals surface area contributed by atoms with Crippen LogP contribution < -0.4 is 20.7 Å². The highest BCUT2D eigenvalue weighted by atomic mass is 28.3. The molecular weight excluding hydrogens is 857 g/mol. The largest absolute Gasteiger partial charge is 0.455 e. The molecule has 0 saturated carbocycles. The summed E-state index contributed by atoms with van der Waals surface area (Å²) in [5.74, 6) is 1.63. The van der Waals surface area contributed by atoms with Gasteiger partial charge in [0.25, 0.3) is 0 Å². The van der Waals surface area contributed by atoms with Crippen LogP contribution >= 0.6 is 0 Å². The molecule has 0 amide bonds. The summed E-state index contributed by atoms with van der Waals surface area (Å²) in [6.45, 7) is 0. The average molecular weight is 899 g/mol. The lowest BCUT2D eigenvalue weighted by atomic mass is 10.1. The van der Waals surface area contributed by atoms with Crippen molar-refractivity contribution in [2.45, 2.75) is 0 Å². The summed E-state index contributed by atoms with van der Waals surface area (Å²) in [7, 11) is -3.16. The van der Waals surface area contributed by atoms with E-state index < -0.39 is 8.07 Å². The molecule has 3 aromatic heterocycles. The lowest BCUT2D eigenvalue weighted by Gasteiger charge is -2.35. The highest BCUT2D eigenvalue weighted by molar-refractivity contribution is 7.20. The van der Waals surface area contributed by atoms with Crippen molar-refractivity contribution >= 4 is 72.6 Å². The molecule has 13 rings (SSSR count). The van der Waals surface area contributed by atoms with E-state index in [9.17, 15) is 0 Å². The van der Waals surface area contributed by atoms with Crippen molar-refractivity contribution in [3.63, 3.8) is 0 Å². The second-order valence-electron chi connectivity index (χ2n) is 17.5. The smallest absolute Gasteiger partial charge is 0.238 e. The Hall–Kier alpha value is -8.97. The van der Waals surface area contributed by atoms with Crippen LogP contribution in [0.15, 0.2) is 259 Å². The Morgan fingerprint density at radius 2 is 0.754 bits per heavy atom. The molecular formula is C63H42N4OSi. The Bertz CT molecular complexity index is 3900. The van der Waals surface area contributed by atoms with Gasteiger partial charge in [-0.15, -0.1) is 0 Å². The normalized spacial score (nSPS) is 11.8. The van der Waals surface area contributed by atoms with Crippen molar-refractivity contribution in [3.05, 3.63) is 255 Å². The van der Waals surface area contributed by atoms with Gasteiger partial charge in [-0.1, -0.05) is 231 Å². The van der Waals surface area contributed by atoms with Crippen molar-refractivity contribution in [2.75, 3.05) is 0 Å². The predicted octanol–water partition coefficient (Wildman–Crippen LogP) is 12.9. The van der Waals surface area contributed by atoms with Crippen molar-refractivity contribution in [3.8, 4) is 51.0 Å². The number of hydrogen-bond acceptors (Lipinski definition) is 4. The molecule has 0 aliphatic heterocycles. The van der Waals surface area contributed by atoms with E-state index >= 15 is 0 Å². The van der Waals surface area contributed by atoms with Crippen LogP contribution in [0, 0.1) is 0 Å². The van der Waals surface area contributed by atoms with Gasteiger partial charge in [0, 0.05) is 27.1 Å². The summed E-state index contributed by atoms with van der Waals surface area (Å²) in [6, 6.07) is 91.3. The van der Waals surface area contributed by atoms with Crippen molar-refractivity contribution in [1.29, 1.82) is 0 Å². The van der Waals surface area contributed by atoms with Gasteiger partial charge in [0.2, 0.25) is 5.95 Å². The van der Waals surface area contributed by atoms with E-state index in [-0.39, 0.29) is 0 Å². The Labute approximate surface area is 400 Å². The lowest BCUT2D eigenvalue weighted by molar-refractivity contribution is 0.669. The molecule has 0 fully saturated rings.